The van der Waals surface area contributed by atoms with Gasteiger partial charge >= 0.3 is 22.6 Å². The molecular formula is C71H72BrCl6N17O14. The molecule has 0 unspecified atom stereocenters. The highest BCUT2D eigenvalue weighted by atomic mass is 79.9. The minimum absolute atomic E-state index is 0.00383. The first-order chi connectivity index (χ1) is 51.7. The Morgan fingerprint density at radius 2 is 0.743 bits per heavy atom. The molecule has 0 radical (unpaired) electrons. The Morgan fingerprint density at radius 1 is 0.431 bits per heavy atom. The average Bonchev–Trinajstić information content (AvgIpc) is 0.783. The zero-order chi connectivity index (χ0) is 79.8. The molecule has 0 aliphatic heterocycles. The molecule has 0 bridgehead atoms. The van der Waals surface area contributed by atoms with E-state index in [9.17, 15) is 43.2 Å². The minimum Gasteiger partial charge on any atom is -0.434 e. The maximum atomic E-state index is 13.3. The summed E-state index contributed by atoms with van der Waals surface area (Å²) in [6, 6.07) is 31.6. The van der Waals surface area contributed by atoms with E-state index in [1.807, 2.05) is 102 Å². The number of anilines is 2. The molecule has 0 amide bonds. The van der Waals surface area contributed by atoms with Crippen molar-refractivity contribution in [2.75, 3.05) is 38.0 Å². The molecule has 109 heavy (non-hydrogen) atoms. The largest absolute Gasteiger partial charge is 0.434 e. The molecule has 574 valence electrons. The first kappa shape index (κ1) is 84.3. The molecule has 5 aromatic carbocycles. The van der Waals surface area contributed by atoms with E-state index < -0.39 is 33.7 Å². The SMILES string of the molecule is CC(C)c1cc(Oc2c(Cl)cc(-n3nc(Br)c(=O)n(COCc4ccccc4)c3=O)cc2Cl)n[nH]c1=O.CC(C)c1cc(Oc2c(Cl)cc(-n3nc(N(C)C)c(=O)[nH]c3=O)cc2Cl)n[nH]c1=O.CC(C)c1cc(Oc2c(Cl)cc(-n3nc(N(C)C)c(=O)n(COCc4ccccc4)c3=O)cc2Cl)n[nH]c1=O.CCC. The van der Waals surface area contributed by atoms with E-state index in [0.717, 1.165) is 34.3 Å². The van der Waals surface area contributed by atoms with Crippen molar-refractivity contribution in [2.24, 2.45) is 0 Å². The van der Waals surface area contributed by atoms with Gasteiger partial charge in [-0.2, -0.15) is 19.1 Å². The Labute approximate surface area is 658 Å². The van der Waals surface area contributed by atoms with Crippen LogP contribution in [-0.4, -0.2) is 102 Å². The van der Waals surface area contributed by atoms with Gasteiger partial charge in [-0.05, 0) is 81.2 Å². The summed E-state index contributed by atoms with van der Waals surface area (Å²) in [5.41, 5.74) is -1.30. The van der Waals surface area contributed by atoms with E-state index >= 15 is 0 Å². The number of nitrogens with one attached hydrogen (secondary N) is 4. The molecule has 38 heteroatoms. The summed E-state index contributed by atoms with van der Waals surface area (Å²) >= 11 is 41.6. The molecule has 0 saturated heterocycles. The fraction of sp³-hybridized carbons (Fsp3) is 0.282. The minimum atomic E-state index is -0.758. The Bertz CT molecular complexity index is 5600. The number of aromatic amines is 4. The van der Waals surface area contributed by atoms with Crippen molar-refractivity contribution < 1.29 is 23.7 Å². The van der Waals surface area contributed by atoms with Crippen LogP contribution in [0.2, 0.25) is 30.1 Å². The van der Waals surface area contributed by atoms with E-state index in [1.165, 1.54) is 70.8 Å². The van der Waals surface area contributed by atoms with Crippen LogP contribution < -0.4 is 74.4 Å². The van der Waals surface area contributed by atoms with Crippen LogP contribution in [0.4, 0.5) is 11.6 Å². The molecule has 6 aromatic heterocycles. The molecule has 31 nitrogen and oxygen atoms in total. The molecule has 6 heterocycles. The summed E-state index contributed by atoms with van der Waals surface area (Å²) in [5, 5.41) is 31.4. The Morgan fingerprint density at radius 3 is 1.07 bits per heavy atom. The molecule has 11 aromatic rings. The molecule has 0 aliphatic rings. The topological polar surface area (TPSA) is 371 Å². The van der Waals surface area contributed by atoms with Crippen LogP contribution in [0.25, 0.3) is 17.1 Å². The summed E-state index contributed by atoms with van der Waals surface area (Å²) in [4.78, 5) is 117. The van der Waals surface area contributed by atoms with Gasteiger partial charge in [0, 0.05) is 63.1 Å². The van der Waals surface area contributed by atoms with Crippen molar-refractivity contribution in [3.63, 3.8) is 0 Å². The molecule has 0 saturated carbocycles. The van der Waals surface area contributed by atoms with Crippen LogP contribution in [0.15, 0.2) is 163 Å². The fourth-order valence-corrected chi connectivity index (χ4v) is 11.6. The van der Waals surface area contributed by atoms with Gasteiger partial charge in [0.2, 0.25) is 29.3 Å². The Balaban J connectivity index is 0.000000204. The van der Waals surface area contributed by atoms with Crippen LogP contribution in [0, 0.1) is 0 Å². The second kappa shape index (κ2) is 38.2. The Hall–Kier alpha value is -10.3. The van der Waals surface area contributed by atoms with Crippen LogP contribution in [0.3, 0.4) is 0 Å². The smallest absolute Gasteiger partial charge is 0.354 e. The Kier molecular flexibility index (Phi) is 29.5. The fourth-order valence-electron chi connectivity index (χ4n) is 9.61. The molecule has 0 spiro atoms. The van der Waals surface area contributed by atoms with Crippen LogP contribution in [-0.2, 0) is 36.1 Å². The van der Waals surface area contributed by atoms with Gasteiger partial charge < -0.3 is 33.5 Å². The van der Waals surface area contributed by atoms with Gasteiger partial charge in [0.05, 0.1) is 60.4 Å². The van der Waals surface area contributed by atoms with Crippen molar-refractivity contribution in [3.8, 4) is 52.0 Å². The van der Waals surface area contributed by atoms with E-state index in [4.69, 9.17) is 93.3 Å². The summed E-state index contributed by atoms with van der Waals surface area (Å²) in [5.74, 6) is 0.345. The van der Waals surface area contributed by atoms with Gasteiger partial charge in [-0.15, -0.1) is 25.5 Å². The summed E-state index contributed by atoms with van der Waals surface area (Å²) in [7, 11) is 6.50. The third-order valence-electron chi connectivity index (χ3n) is 15.0. The maximum Gasteiger partial charge on any atom is 0.354 e. The highest BCUT2D eigenvalue weighted by molar-refractivity contribution is 9.10. The molecule has 4 N–H and O–H groups in total. The lowest BCUT2D eigenvalue weighted by atomic mass is 10.1. The van der Waals surface area contributed by atoms with E-state index in [-0.39, 0.29) is 159 Å². The van der Waals surface area contributed by atoms with Gasteiger partial charge in [-0.25, -0.2) is 38.8 Å². The van der Waals surface area contributed by atoms with E-state index in [1.54, 1.807) is 28.2 Å². The first-order valence-corrected chi connectivity index (χ1v) is 36.0. The van der Waals surface area contributed by atoms with Crippen molar-refractivity contribution in [3.05, 3.63) is 271 Å². The predicted octanol–water partition coefficient (Wildman–Crippen LogP) is 12.3. The van der Waals surface area contributed by atoms with Crippen molar-refractivity contribution in [1.82, 2.24) is 74.1 Å². The molecule has 0 aliphatic carbocycles. The molecule has 11 rings (SSSR count). The number of ether oxygens (including phenoxy) is 5. The van der Waals surface area contributed by atoms with Crippen molar-refractivity contribution in [2.45, 2.75) is 106 Å². The highest BCUT2D eigenvalue weighted by Gasteiger charge is 2.24. The van der Waals surface area contributed by atoms with Gasteiger partial charge in [0.1, 0.15) is 13.5 Å². The van der Waals surface area contributed by atoms with Crippen molar-refractivity contribution in [1.29, 1.82) is 0 Å². The predicted molar refractivity (Wildman–Crippen MR) is 421 cm³/mol. The van der Waals surface area contributed by atoms with Gasteiger partial charge in [0.15, 0.2) is 21.9 Å². The monoisotopic (exact) mass is 1680 g/mol. The zero-order valence-corrected chi connectivity index (χ0v) is 66.5. The zero-order valence-electron chi connectivity index (χ0n) is 60.4. The van der Waals surface area contributed by atoms with Crippen LogP contribution >= 0.6 is 85.5 Å². The number of nitrogens with zero attached hydrogens (tertiary/aromatic N) is 13. The van der Waals surface area contributed by atoms with Crippen molar-refractivity contribution >= 4 is 97.2 Å². The van der Waals surface area contributed by atoms with Crippen LogP contribution in [0.5, 0.6) is 34.9 Å². The lowest BCUT2D eigenvalue weighted by molar-refractivity contribution is 0.0575. The lowest BCUT2D eigenvalue weighted by Crippen LogP contribution is -2.43. The summed E-state index contributed by atoms with van der Waals surface area (Å²) in [6.45, 7) is 15.2. The second-order valence-corrected chi connectivity index (χ2v) is 28.0. The number of H-pyrrole nitrogens is 4. The molecule has 0 atom stereocenters. The third-order valence-corrected chi connectivity index (χ3v) is 17.2. The number of hydrogen-bond acceptors (Lipinski definition) is 22. The standard InChI is InChI=1S/C26H26Cl2N6O5.C24H20BrCl2N5O5.C18H18Cl2N6O4.C3H8/c1-15(2)18-12-21(29-30-24(18)35)39-22-19(27)10-17(11-20(22)28)34-26(37)33(25(36)23(31-34)32(3)4)14-38-13-16-8-6-5-7-9-16;1-13(2)16-10-19(28-29-22(16)33)37-20-17(26)8-15(9-18(20)27)32-24(35)31(23(34)21(25)30-32)12-36-11-14-6-4-3-5-7-14;1-8(2)10-7-13(22-23-16(10)27)30-14-11(19)5-9(6-12(14)20)26-18(29)21-17(28)15(24-26)25(3)4;1-3-2/h5-12,15H,13-14H2,1-4H3,(H,30,35);3-10,13H,11-12H2,1-2H3,(H,29,33);5-8H,1-4H3,(H,23,27)(H,21,28,29);3H2,1-2H3. The molecular weight excluding hydrogens is 1610 g/mol. The number of benzene rings is 5. The third kappa shape index (κ3) is 21.4. The normalized spacial score (nSPS) is 11.0. The van der Waals surface area contributed by atoms with Gasteiger partial charge in [0.25, 0.3) is 27.8 Å². The highest BCUT2D eigenvalue weighted by Crippen LogP contribution is 2.41. The number of hydrogen-bond donors (Lipinski definition) is 4. The summed E-state index contributed by atoms with van der Waals surface area (Å²) in [6.07, 6.45) is 1.25. The summed E-state index contributed by atoms with van der Waals surface area (Å²) < 4.78 is 33.1. The average molecular weight is 1680 g/mol. The quantitative estimate of drug-likeness (QED) is 0.0489. The van der Waals surface area contributed by atoms with Crippen LogP contribution in [0.1, 0.15) is 107 Å². The lowest BCUT2D eigenvalue weighted by Gasteiger charge is -2.17. The maximum absolute atomic E-state index is 13.3. The molecule has 0 fully saturated rings. The second-order valence-electron chi connectivity index (χ2n) is 24.8. The van der Waals surface area contributed by atoms with E-state index in [2.05, 4.69) is 80.6 Å². The van der Waals surface area contributed by atoms with Gasteiger partial charge in [-0.1, -0.05) is 192 Å². The number of halogens is 7. The number of aromatic nitrogens is 15. The number of rotatable bonds is 22. The van der Waals surface area contributed by atoms with Gasteiger partial charge in [-0.3, -0.25) is 33.8 Å². The first-order valence-electron chi connectivity index (χ1n) is 33.0. The van der Waals surface area contributed by atoms with E-state index in [0.29, 0.717) is 16.7 Å².